The average molecular weight is 508 g/mol. The van der Waals surface area contributed by atoms with Crippen LogP contribution in [-0.2, 0) is 11.4 Å². The number of ether oxygens (including phenoxy) is 3. The normalized spacial score (nSPS) is 11.2. The Morgan fingerprint density at radius 1 is 1.00 bits per heavy atom. The maximum absolute atomic E-state index is 13.0. The third-order valence-electron chi connectivity index (χ3n) is 5.00. The molecule has 2 N–H and O–H groups in total. The summed E-state index contributed by atoms with van der Waals surface area (Å²) in [4.78, 5) is 16.3. The number of H-pyrrole nitrogens is 1. The third kappa shape index (κ3) is 6.42. The molecule has 36 heavy (non-hydrogen) atoms. The van der Waals surface area contributed by atoms with Crippen LogP contribution in [0.25, 0.3) is 17.5 Å². The van der Waals surface area contributed by atoms with E-state index in [1.54, 1.807) is 68.8 Å². The number of hydrogen-bond acceptors (Lipinski definition) is 7. The molecule has 0 fully saturated rings. The second-order valence-electron chi connectivity index (χ2n) is 7.47. The molecule has 0 amide bonds. The van der Waals surface area contributed by atoms with Gasteiger partial charge in [0, 0.05) is 11.6 Å². The highest BCUT2D eigenvalue weighted by Crippen LogP contribution is 2.31. The minimum Gasteiger partial charge on any atom is -0.497 e. The molecule has 0 aliphatic carbocycles. The lowest BCUT2D eigenvalue weighted by Gasteiger charge is -2.07. The lowest BCUT2D eigenvalue weighted by molar-refractivity contribution is -0.131. The van der Waals surface area contributed by atoms with Crippen LogP contribution < -0.4 is 14.2 Å². The van der Waals surface area contributed by atoms with Crippen molar-refractivity contribution >= 4 is 23.8 Å². The van der Waals surface area contributed by atoms with E-state index in [9.17, 15) is 14.3 Å². The van der Waals surface area contributed by atoms with E-state index in [0.29, 0.717) is 34.2 Å². The van der Waals surface area contributed by atoms with E-state index in [2.05, 4.69) is 15.2 Å². The number of carbonyl (C=O) groups is 1. The van der Waals surface area contributed by atoms with Crippen LogP contribution in [0.15, 0.2) is 76.8 Å². The van der Waals surface area contributed by atoms with E-state index in [4.69, 9.17) is 14.2 Å². The van der Waals surface area contributed by atoms with Gasteiger partial charge in [0.2, 0.25) is 5.16 Å². The summed E-state index contributed by atoms with van der Waals surface area (Å²) in [6.45, 7) is 0.290. The second-order valence-corrected chi connectivity index (χ2v) is 8.48. The molecule has 184 valence electrons. The van der Waals surface area contributed by atoms with Crippen molar-refractivity contribution in [3.63, 3.8) is 0 Å². The lowest BCUT2D eigenvalue weighted by atomic mass is 10.2. The standard InChI is InChI=1S/C26H22FN3O5S/c1-33-21-12-18(13-22(14-21)34-2)24-28-26(30-29-24)36-23(25(31)32)11-16-5-9-20(10-6-16)35-15-17-3-7-19(27)8-4-17/h3-14H,15H2,1-2H3,(H,31,32)(H,28,29,30)/b23-11-. The summed E-state index contributed by atoms with van der Waals surface area (Å²) in [6, 6.07) is 18.3. The van der Waals surface area contributed by atoms with E-state index in [0.717, 1.165) is 17.3 Å². The predicted molar refractivity (Wildman–Crippen MR) is 134 cm³/mol. The molecule has 10 heteroatoms. The van der Waals surface area contributed by atoms with Gasteiger partial charge in [-0.05, 0) is 65.4 Å². The van der Waals surface area contributed by atoms with Gasteiger partial charge in [-0.3, -0.25) is 5.10 Å². The fourth-order valence-corrected chi connectivity index (χ4v) is 3.86. The zero-order valence-corrected chi connectivity index (χ0v) is 20.2. The van der Waals surface area contributed by atoms with Gasteiger partial charge in [0.05, 0.1) is 14.2 Å². The average Bonchev–Trinajstić information content (AvgIpc) is 3.37. The van der Waals surface area contributed by atoms with Crippen LogP contribution in [0.4, 0.5) is 4.39 Å². The van der Waals surface area contributed by atoms with E-state index < -0.39 is 5.97 Å². The van der Waals surface area contributed by atoms with Crippen LogP contribution in [0.3, 0.4) is 0 Å². The zero-order valence-electron chi connectivity index (χ0n) is 19.4. The molecule has 8 nitrogen and oxygen atoms in total. The molecule has 0 aliphatic heterocycles. The maximum atomic E-state index is 13.0. The van der Waals surface area contributed by atoms with Crippen molar-refractivity contribution < 1.29 is 28.5 Å². The topological polar surface area (TPSA) is 107 Å². The number of carboxylic acid groups (broad SMARTS) is 1. The fraction of sp³-hybridized carbons (Fsp3) is 0.115. The minimum absolute atomic E-state index is 0.0451. The first-order valence-electron chi connectivity index (χ1n) is 10.7. The van der Waals surface area contributed by atoms with Gasteiger partial charge >= 0.3 is 5.97 Å². The van der Waals surface area contributed by atoms with Crippen molar-refractivity contribution in [1.82, 2.24) is 15.2 Å². The number of halogens is 1. The Labute approximate surface area is 210 Å². The molecule has 0 saturated heterocycles. The molecular weight excluding hydrogens is 485 g/mol. The number of thioether (sulfide) groups is 1. The Kier molecular flexibility index (Phi) is 7.86. The molecule has 1 heterocycles. The number of carboxylic acids is 1. The van der Waals surface area contributed by atoms with Crippen molar-refractivity contribution in [2.45, 2.75) is 11.8 Å². The molecule has 0 aliphatic rings. The largest absolute Gasteiger partial charge is 0.497 e. The predicted octanol–water partition coefficient (Wildman–Crippen LogP) is 5.42. The maximum Gasteiger partial charge on any atom is 0.342 e. The van der Waals surface area contributed by atoms with Gasteiger partial charge in [-0.1, -0.05) is 24.3 Å². The van der Waals surface area contributed by atoms with Gasteiger partial charge in [0.25, 0.3) is 0 Å². The van der Waals surface area contributed by atoms with Crippen LogP contribution >= 0.6 is 11.8 Å². The number of methoxy groups -OCH3 is 2. The summed E-state index contributed by atoms with van der Waals surface area (Å²) in [5, 5.41) is 16.9. The van der Waals surface area contributed by atoms with Gasteiger partial charge in [-0.2, -0.15) is 0 Å². The van der Waals surface area contributed by atoms with Crippen LogP contribution in [0, 0.1) is 5.82 Å². The summed E-state index contributed by atoms with van der Waals surface area (Å²) in [7, 11) is 3.10. The Bertz CT molecular complexity index is 1350. The molecule has 1 aromatic heterocycles. The lowest BCUT2D eigenvalue weighted by Crippen LogP contribution is -1.97. The minimum atomic E-state index is -1.11. The molecule has 0 radical (unpaired) electrons. The van der Waals surface area contributed by atoms with Crippen LogP contribution in [-0.4, -0.2) is 40.5 Å². The number of aromatic amines is 1. The van der Waals surface area contributed by atoms with Crippen molar-refractivity contribution in [3.8, 4) is 28.6 Å². The fourth-order valence-electron chi connectivity index (χ4n) is 3.16. The first-order chi connectivity index (χ1) is 17.4. The highest BCUT2D eigenvalue weighted by atomic mass is 32.2. The third-order valence-corrected chi connectivity index (χ3v) is 5.88. The van der Waals surface area contributed by atoms with Crippen molar-refractivity contribution in [2.75, 3.05) is 14.2 Å². The number of aromatic nitrogens is 3. The Morgan fingerprint density at radius 3 is 2.28 bits per heavy atom. The van der Waals surface area contributed by atoms with Gasteiger partial charge in [-0.25, -0.2) is 14.2 Å². The summed E-state index contributed by atoms with van der Waals surface area (Å²) < 4.78 is 29.3. The number of nitrogens with zero attached hydrogens (tertiary/aromatic N) is 2. The number of aliphatic carboxylic acids is 1. The van der Waals surface area contributed by atoms with E-state index in [-0.39, 0.29) is 22.5 Å². The molecule has 0 saturated carbocycles. The first-order valence-corrected chi connectivity index (χ1v) is 11.5. The van der Waals surface area contributed by atoms with Crippen molar-refractivity contribution in [3.05, 3.63) is 88.6 Å². The summed E-state index contributed by atoms with van der Waals surface area (Å²) in [5.74, 6) is 0.822. The molecule has 0 spiro atoms. The van der Waals surface area contributed by atoms with Crippen LogP contribution in [0.5, 0.6) is 17.2 Å². The zero-order chi connectivity index (χ0) is 25.5. The second kappa shape index (κ2) is 11.4. The van der Waals surface area contributed by atoms with Gasteiger partial charge in [0.1, 0.15) is 34.6 Å². The number of nitrogens with one attached hydrogen (secondary N) is 1. The van der Waals surface area contributed by atoms with Crippen LogP contribution in [0.2, 0.25) is 0 Å². The molecule has 0 atom stereocenters. The molecule has 3 aromatic carbocycles. The molecular formula is C26H22FN3O5S. The van der Waals surface area contributed by atoms with Gasteiger partial charge in [-0.15, -0.1) is 5.10 Å². The van der Waals surface area contributed by atoms with E-state index >= 15 is 0 Å². The molecule has 4 rings (SSSR count). The Hall–Kier alpha value is -4.31. The summed E-state index contributed by atoms with van der Waals surface area (Å²) >= 11 is 0.924. The van der Waals surface area contributed by atoms with Gasteiger partial charge in [0.15, 0.2) is 5.82 Å². The van der Waals surface area contributed by atoms with Crippen LogP contribution in [0.1, 0.15) is 11.1 Å². The quantitative estimate of drug-likeness (QED) is 0.216. The van der Waals surface area contributed by atoms with E-state index in [1.807, 2.05) is 0 Å². The summed E-state index contributed by atoms with van der Waals surface area (Å²) in [6.07, 6.45) is 1.53. The molecule has 0 bridgehead atoms. The highest BCUT2D eigenvalue weighted by Gasteiger charge is 2.15. The number of rotatable bonds is 10. The number of benzene rings is 3. The van der Waals surface area contributed by atoms with E-state index in [1.165, 1.54) is 18.2 Å². The smallest absolute Gasteiger partial charge is 0.342 e. The summed E-state index contributed by atoms with van der Waals surface area (Å²) in [5.41, 5.74) is 2.19. The highest BCUT2D eigenvalue weighted by molar-refractivity contribution is 8.04. The molecule has 4 aromatic rings. The Balaban J connectivity index is 1.45. The van der Waals surface area contributed by atoms with Gasteiger partial charge < -0.3 is 19.3 Å². The number of hydrogen-bond donors (Lipinski definition) is 2. The van der Waals surface area contributed by atoms with Crippen molar-refractivity contribution in [1.29, 1.82) is 0 Å². The SMILES string of the molecule is COc1cc(OC)cc(-c2nc(S/C(=C\c3ccc(OCc4ccc(F)cc4)cc3)C(=O)O)n[nH]2)c1. The Morgan fingerprint density at radius 2 is 1.67 bits per heavy atom. The molecule has 0 unspecified atom stereocenters. The first kappa shape index (κ1) is 24.8. The monoisotopic (exact) mass is 507 g/mol. The van der Waals surface area contributed by atoms with Crippen molar-refractivity contribution in [2.24, 2.45) is 0 Å².